The number of anilines is 1. The predicted molar refractivity (Wildman–Crippen MR) is 142 cm³/mol. The summed E-state index contributed by atoms with van der Waals surface area (Å²) in [6.07, 6.45) is 3.12. The van der Waals surface area contributed by atoms with E-state index in [1.807, 2.05) is 69.5 Å². The number of ether oxygens (including phenoxy) is 3. The summed E-state index contributed by atoms with van der Waals surface area (Å²) < 4.78 is 16.5. The van der Waals surface area contributed by atoms with Gasteiger partial charge in [-0.05, 0) is 75.1 Å². The number of carbonyl (C=O) groups excluding carboxylic acids is 2. The van der Waals surface area contributed by atoms with E-state index < -0.39 is 5.97 Å². The molecule has 6 nitrogen and oxygen atoms in total. The quantitative estimate of drug-likeness (QED) is 0.253. The maximum absolute atomic E-state index is 12.8. The third kappa shape index (κ3) is 6.51. The Morgan fingerprint density at radius 3 is 2.34 bits per heavy atom. The second-order valence-electron chi connectivity index (χ2n) is 7.77. The van der Waals surface area contributed by atoms with E-state index >= 15 is 0 Å². The number of nitrogens with one attached hydrogen (secondary N) is 1. The Balaban J connectivity index is 1.85. The molecular formula is C28H31NO5S. The van der Waals surface area contributed by atoms with Crippen LogP contribution in [0.3, 0.4) is 0 Å². The monoisotopic (exact) mass is 493 g/mol. The van der Waals surface area contributed by atoms with Crippen LogP contribution >= 0.6 is 11.3 Å². The number of hydrogen-bond donors (Lipinski definition) is 1. The standard InChI is InChI=1S/C28H31NO5S/c1-6-32-23-13-10-20(16-24(23)33-7-2)11-14-25(30)29-27-26(28(31)34-8-3)22(17-35-27)21-12-9-18(4)19(5)15-21/h9-17H,6-8H2,1-5H3,(H,29,30). The fourth-order valence-corrected chi connectivity index (χ4v) is 4.43. The Hall–Kier alpha value is -3.58. The molecule has 0 aliphatic rings. The first-order valence-corrected chi connectivity index (χ1v) is 12.5. The van der Waals surface area contributed by atoms with Gasteiger partial charge in [0.1, 0.15) is 10.6 Å². The van der Waals surface area contributed by atoms with Gasteiger partial charge in [0.25, 0.3) is 0 Å². The van der Waals surface area contributed by atoms with E-state index in [0.717, 1.165) is 22.3 Å². The molecule has 0 aliphatic heterocycles. The van der Waals surface area contributed by atoms with Gasteiger partial charge in [0.15, 0.2) is 11.5 Å². The lowest BCUT2D eigenvalue weighted by molar-refractivity contribution is -0.111. The van der Waals surface area contributed by atoms with Crippen molar-refractivity contribution in [2.45, 2.75) is 34.6 Å². The number of carbonyl (C=O) groups is 2. The number of esters is 1. The molecule has 7 heteroatoms. The molecule has 1 amide bonds. The smallest absolute Gasteiger partial charge is 0.341 e. The molecule has 0 fully saturated rings. The van der Waals surface area contributed by atoms with Crippen LogP contribution in [0.2, 0.25) is 0 Å². The van der Waals surface area contributed by atoms with Crippen LogP contribution in [0.4, 0.5) is 5.00 Å². The molecule has 2 aromatic carbocycles. The molecule has 0 saturated carbocycles. The van der Waals surface area contributed by atoms with Crippen molar-refractivity contribution >= 4 is 34.3 Å². The summed E-state index contributed by atoms with van der Waals surface area (Å²) in [4.78, 5) is 25.6. The van der Waals surface area contributed by atoms with Crippen LogP contribution in [0.5, 0.6) is 11.5 Å². The second kappa shape index (κ2) is 12.2. The number of rotatable bonds is 10. The zero-order chi connectivity index (χ0) is 25.4. The van der Waals surface area contributed by atoms with Crippen molar-refractivity contribution in [2.75, 3.05) is 25.1 Å². The zero-order valence-electron chi connectivity index (χ0n) is 20.8. The third-order valence-corrected chi connectivity index (χ3v) is 6.22. The van der Waals surface area contributed by atoms with E-state index in [-0.39, 0.29) is 12.5 Å². The topological polar surface area (TPSA) is 73.9 Å². The highest BCUT2D eigenvalue weighted by Crippen LogP contribution is 2.37. The first kappa shape index (κ1) is 26.0. The SMILES string of the molecule is CCOC(=O)c1c(-c2ccc(C)c(C)c2)csc1NC(=O)C=Cc1ccc(OCC)c(OCC)c1. The van der Waals surface area contributed by atoms with Gasteiger partial charge in [-0.1, -0.05) is 24.3 Å². The highest BCUT2D eigenvalue weighted by atomic mass is 32.1. The molecule has 0 spiro atoms. The molecule has 3 aromatic rings. The van der Waals surface area contributed by atoms with Crippen molar-refractivity contribution in [2.24, 2.45) is 0 Å². The largest absolute Gasteiger partial charge is 0.490 e. The van der Waals surface area contributed by atoms with Crippen molar-refractivity contribution in [3.8, 4) is 22.6 Å². The summed E-state index contributed by atoms with van der Waals surface area (Å²) in [5.74, 6) is 0.468. The molecule has 1 N–H and O–H groups in total. The maximum Gasteiger partial charge on any atom is 0.341 e. The molecule has 35 heavy (non-hydrogen) atoms. The zero-order valence-corrected chi connectivity index (χ0v) is 21.6. The molecule has 0 unspecified atom stereocenters. The molecular weight excluding hydrogens is 462 g/mol. The summed E-state index contributed by atoms with van der Waals surface area (Å²) in [6, 6.07) is 11.5. The molecule has 1 aromatic heterocycles. The van der Waals surface area contributed by atoms with E-state index in [4.69, 9.17) is 14.2 Å². The van der Waals surface area contributed by atoms with E-state index in [2.05, 4.69) is 5.32 Å². The average molecular weight is 494 g/mol. The third-order valence-electron chi connectivity index (χ3n) is 5.32. The lowest BCUT2D eigenvalue weighted by Crippen LogP contribution is -2.12. The molecule has 0 saturated heterocycles. The first-order chi connectivity index (χ1) is 16.9. The van der Waals surface area contributed by atoms with Crippen LogP contribution in [0.25, 0.3) is 17.2 Å². The maximum atomic E-state index is 12.8. The highest BCUT2D eigenvalue weighted by molar-refractivity contribution is 7.15. The number of amides is 1. The van der Waals surface area contributed by atoms with E-state index in [9.17, 15) is 9.59 Å². The highest BCUT2D eigenvalue weighted by Gasteiger charge is 2.22. The fraction of sp³-hybridized carbons (Fsp3) is 0.286. The molecule has 0 aliphatic carbocycles. The molecule has 184 valence electrons. The van der Waals surface area contributed by atoms with Gasteiger partial charge in [-0.15, -0.1) is 11.3 Å². The van der Waals surface area contributed by atoms with Crippen LogP contribution in [0.15, 0.2) is 47.9 Å². The van der Waals surface area contributed by atoms with Crippen LogP contribution in [-0.2, 0) is 9.53 Å². The normalized spacial score (nSPS) is 10.9. The Kier molecular flexibility index (Phi) is 9.09. The molecule has 3 rings (SSSR count). The van der Waals surface area contributed by atoms with Gasteiger partial charge in [-0.2, -0.15) is 0 Å². The van der Waals surface area contributed by atoms with Gasteiger partial charge in [0.05, 0.1) is 19.8 Å². The Morgan fingerprint density at radius 2 is 1.66 bits per heavy atom. The van der Waals surface area contributed by atoms with Gasteiger partial charge >= 0.3 is 5.97 Å². The number of hydrogen-bond acceptors (Lipinski definition) is 6. The van der Waals surface area contributed by atoms with Crippen molar-refractivity contribution < 1.29 is 23.8 Å². The minimum absolute atomic E-state index is 0.244. The van der Waals surface area contributed by atoms with Crippen molar-refractivity contribution in [3.05, 3.63) is 70.1 Å². The fourth-order valence-electron chi connectivity index (χ4n) is 3.47. The summed E-state index contributed by atoms with van der Waals surface area (Å²) in [5.41, 5.74) is 5.09. The molecule has 0 bridgehead atoms. The minimum atomic E-state index is -0.464. The van der Waals surface area contributed by atoms with Gasteiger partial charge in [0, 0.05) is 17.0 Å². The Bertz CT molecular complexity index is 1230. The molecule has 0 radical (unpaired) electrons. The van der Waals surface area contributed by atoms with Crippen molar-refractivity contribution in [1.29, 1.82) is 0 Å². The molecule has 1 heterocycles. The first-order valence-electron chi connectivity index (χ1n) is 11.6. The summed E-state index contributed by atoms with van der Waals surface area (Å²) >= 11 is 1.30. The Labute approximate surface area is 210 Å². The van der Waals surface area contributed by atoms with Gasteiger partial charge in [-0.25, -0.2) is 4.79 Å². The predicted octanol–water partition coefficient (Wildman–Crippen LogP) is 6.66. The lowest BCUT2D eigenvalue weighted by Gasteiger charge is -2.11. The number of thiophene rings is 1. The van der Waals surface area contributed by atoms with Gasteiger partial charge in [0.2, 0.25) is 5.91 Å². The van der Waals surface area contributed by atoms with Crippen LogP contribution in [0, 0.1) is 13.8 Å². The second-order valence-corrected chi connectivity index (χ2v) is 8.65. The molecule has 0 atom stereocenters. The number of aryl methyl sites for hydroxylation is 2. The minimum Gasteiger partial charge on any atom is -0.490 e. The van der Waals surface area contributed by atoms with E-state index in [1.54, 1.807) is 13.0 Å². The lowest BCUT2D eigenvalue weighted by atomic mass is 9.99. The average Bonchev–Trinajstić information content (AvgIpc) is 3.25. The summed E-state index contributed by atoms with van der Waals surface area (Å²) in [6.45, 7) is 10.9. The van der Waals surface area contributed by atoms with Crippen LogP contribution < -0.4 is 14.8 Å². The van der Waals surface area contributed by atoms with Gasteiger partial charge in [-0.3, -0.25) is 4.79 Å². The van der Waals surface area contributed by atoms with Gasteiger partial charge < -0.3 is 19.5 Å². The Morgan fingerprint density at radius 1 is 0.914 bits per heavy atom. The van der Waals surface area contributed by atoms with E-state index in [0.29, 0.717) is 35.3 Å². The van der Waals surface area contributed by atoms with Crippen molar-refractivity contribution in [3.63, 3.8) is 0 Å². The van der Waals surface area contributed by atoms with Crippen molar-refractivity contribution in [1.82, 2.24) is 0 Å². The number of benzene rings is 2. The summed E-state index contributed by atoms with van der Waals surface area (Å²) in [7, 11) is 0. The van der Waals surface area contributed by atoms with Crippen LogP contribution in [0.1, 0.15) is 47.8 Å². The van der Waals surface area contributed by atoms with E-state index in [1.165, 1.54) is 23.0 Å². The van der Waals surface area contributed by atoms with Crippen LogP contribution in [-0.4, -0.2) is 31.7 Å². The summed E-state index contributed by atoms with van der Waals surface area (Å²) in [5, 5.41) is 5.17.